The Balaban J connectivity index is 2.64. The minimum Gasteiger partial charge on any atom is -0.354 e. The number of nitrogens with one attached hydrogen (secondary N) is 1. The molecule has 19 heavy (non-hydrogen) atoms. The molecule has 2 rings (SSSR count). The van der Waals surface area contributed by atoms with Gasteiger partial charge in [0.25, 0.3) is 0 Å². The van der Waals surface area contributed by atoms with Gasteiger partial charge in [0, 0.05) is 34.6 Å². The molecule has 0 saturated carbocycles. The summed E-state index contributed by atoms with van der Waals surface area (Å²) in [5.74, 6) is 0.130. The molecule has 0 saturated heterocycles. The van der Waals surface area contributed by atoms with Crippen molar-refractivity contribution in [1.82, 2.24) is 4.98 Å². The normalized spacial score (nSPS) is 17.4. The summed E-state index contributed by atoms with van der Waals surface area (Å²) in [7, 11) is 0. The summed E-state index contributed by atoms with van der Waals surface area (Å²) in [6.45, 7) is 12.7. The Morgan fingerprint density at radius 1 is 1.32 bits per heavy atom. The fraction of sp³-hybridized carbons (Fsp3) is 0.267. The molecule has 0 unspecified atom stereocenters. The molecule has 1 aromatic rings. The van der Waals surface area contributed by atoms with Crippen molar-refractivity contribution in [2.24, 2.45) is 9.98 Å². The van der Waals surface area contributed by atoms with E-state index >= 15 is 0 Å². The van der Waals surface area contributed by atoms with Gasteiger partial charge in [-0.2, -0.15) is 0 Å². The number of aliphatic imine (C=N–C) groups is 2. The highest BCUT2D eigenvalue weighted by Gasteiger charge is 2.30. The van der Waals surface area contributed by atoms with E-state index in [0.717, 1.165) is 39.5 Å². The third-order valence-corrected chi connectivity index (χ3v) is 3.48. The molecule has 1 N–H and O–H groups in total. The quantitative estimate of drug-likeness (QED) is 0.827. The molecule has 0 radical (unpaired) electrons. The van der Waals surface area contributed by atoms with Crippen molar-refractivity contribution in [3.05, 3.63) is 33.9 Å². The van der Waals surface area contributed by atoms with E-state index in [2.05, 4.69) is 28.4 Å². The Kier molecular flexibility index (Phi) is 3.34. The van der Waals surface area contributed by atoms with Crippen molar-refractivity contribution in [3.8, 4) is 0 Å². The number of rotatable bonds is 3. The predicted molar refractivity (Wildman–Crippen MR) is 79.8 cm³/mol. The lowest BCUT2D eigenvalue weighted by atomic mass is 10.1. The Bertz CT molecular complexity index is 645. The van der Waals surface area contributed by atoms with Crippen LogP contribution in [-0.4, -0.2) is 24.2 Å². The number of nitrogens with zero attached hydrogens (tertiary/aromatic N) is 2. The predicted octanol–water partition coefficient (Wildman–Crippen LogP) is 3.40. The van der Waals surface area contributed by atoms with Gasteiger partial charge in [0.2, 0.25) is 0 Å². The summed E-state index contributed by atoms with van der Waals surface area (Å²) in [6, 6.07) is 0. The molecule has 0 aliphatic heterocycles. The molecule has 1 aliphatic rings. The number of aromatic nitrogens is 1. The van der Waals surface area contributed by atoms with Crippen molar-refractivity contribution in [1.29, 1.82) is 0 Å². The highest BCUT2D eigenvalue weighted by Crippen LogP contribution is 2.37. The first-order valence-electron chi connectivity index (χ1n) is 6.07. The molecule has 1 aromatic heterocycles. The second kappa shape index (κ2) is 4.80. The van der Waals surface area contributed by atoms with Gasteiger partial charge >= 0.3 is 0 Å². The third kappa shape index (κ3) is 2.10. The number of aromatic amines is 1. The van der Waals surface area contributed by atoms with Crippen LogP contribution in [0.1, 0.15) is 47.6 Å². The van der Waals surface area contributed by atoms with Gasteiger partial charge in [0.1, 0.15) is 0 Å². The maximum absolute atomic E-state index is 12.1. The van der Waals surface area contributed by atoms with Crippen LogP contribution in [0.25, 0.3) is 11.6 Å². The first-order chi connectivity index (χ1) is 8.99. The second-order valence-corrected chi connectivity index (χ2v) is 4.68. The van der Waals surface area contributed by atoms with Gasteiger partial charge in [-0.15, -0.1) is 0 Å². The molecule has 4 heteroatoms. The van der Waals surface area contributed by atoms with Crippen LogP contribution in [-0.2, 0) is 0 Å². The lowest BCUT2D eigenvalue weighted by Crippen LogP contribution is -1.93. The SMILES string of the molecule is C=N/C(C)=C\c1[nH]c2c(c1C)C(=O)C/C2=C(\C)N=C. The summed E-state index contributed by atoms with van der Waals surface area (Å²) in [4.78, 5) is 23.2. The van der Waals surface area contributed by atoms with Gasteiger partial charge in [-0.05, 0) is 45.8 Å². The van der Waals surface area contributed by atoms with Crippen molar-refractivity contribution >= 4 is 30.9 Å². The van der Waals surface area contributed by atoms with Gasteiger partial charge in [0.15, 0.2) is 5.78 Å². The standard InChI is InChI=1S/C15H17N3O/c1-8(16-4)6-12-9(2)14-13(19)7-11(10(3)17-5)15(14)18-12/h6,18H,4-5,7H2,1-3H3/b8-6-,11-10-. The number of hydrogen-bond donors (Lipinski definition) is 1. The molecular formula is C15H17N3O. The minimum absolute atomic E-state index is 0.130. The van der Waals surface area contributed by atoms with Gasteiger partial charge in [0.05, 0.1) is 5.69 Å². The Labute approximate surface area is 112 Å². The number of carbonyl (C=O) groups is 1. The van der Waals surface area contributed by atoms with Gasteiger partial charge < -0.3 is 4.98 Å². The van der Waals surface area contributed by atoms with Crippen LogP contribution >= 0.6 is 0 Å². The Morgan fingerprint density at radius 2 is 2.00 bits per heavy atom. The van der Waals surface area contributed by atoms with E-state index in [0.29, 0.717) is 6.42 Å². The van der Waals surface area contributed by atoms with E-state index in [1.54, 1.807) is 0 Å². The number of hydrogen-bond acceptors (Lipinski definition) is 3. The van der Waals surface area contributed by atoms with E-state index in [9.17, 15) is 4.79 Å². The van der Waals surface area contributed by atoms with Crippen LogP contribution < -0.4 is 0 Å². The van der Waals surface area contributed by atoms with Gasteiger partial charge in [-0.1, -0.05) is 0 Å². The van der Waals surface area contributed by atoms with Crippen molar-refractivity contribution in [2.45, 2.75) is 27.2 Å². The van der Waals surface area contributed by atoms with Crippen LogP contribution in [0.5, 0.6) is 0 Å². The Hall–Kier alpha value is -2.23. The van der Waals surface area contributed by atoms with Crippen molar-refractivity contribution in [3.63, 3.8) is 0 Å². The molecular weight excluding hydrogens is 238 g/mol. The average molecular weight is 255 g/mol. The van der Waals surface area contributed by atoms with Crippen molar-refractivity contribution < 1.29 is 4.79 Å². The van der Waals surface area contributed by atoms with Crippen LogP contribution in [0.3, 0.4) is 0 Å². The summed E-state index contributed by atoms with van der Waals surface area (Å²) < 4.78 is 0. The summed E-state index contributed by atoms with van der Waals surface area (Å²) >= 11 is 0. The van der Waals surface area contributed by atoms with Crippen LogP contribution in [0.15, 0.2) is 21.4 Å². The maximum Gasteiger partial charge on any atom is 0.169 e. The van der Waals surface area contributed by atoms with E-state index in [-0.39, 0.29) is 5.78 Å². The minimum atomic E-state index is 0.130. The van der Waals surface area contributed by atoms with Gasteiger partial charge in [-0.3, -0.25) is 14.8 Å². The zero-order valence-electron chi connectivity index (χ0n) is 11.5. The topological polar surface area (TPSA) is 57.6 Å². The highest BCUT2D eigenvalue weighted by atomic mass is 16.1. The van der Waals surface area contributed by atoms with Crippen LogP contribution in [0.4, 0.5) is 0 Å². The first-order valence-corrected chi connectivity index (χ1v) is 6.07. The molecule has 98 valence electrons. The van der Waals surface area contributed by atoms with Crippen LogP contribution in [0.2, 0.25) is 0 Å². The van der Waals surface area contributed by atoms with Crippen LogP contribution in [0, 0.1) is 6.92 Å². The highest BCUT2D eigenvalue weighted by molar-refractivity contribution is 6.13. The Morgan fingerprint density at radius 3 is 2.58 bits per heavy atom. The summed E-state index contributed by atoms with van der Waals surface area (Å²) in [5.41, 5.74) is 6.02. The fourth-order valence-electron chi connectivity index (χ4n) is 2.33. The lowest BCUT2D eigenvalue weighted by molar-refractivity contribution is 0.100. The fourth-order valence-corrected chi connectivity index (χ4v) is 2.33. The molecule has 0 amide bonds. The zero-order chi connectivity index (χ0) is 14.2. The molecule has 0 fully saturated rings. The molecule has 1 aliphatic carbocycles. The van der Waals surface area contributed by atoms with E-state index in [4.69, 9.17) is 0 Å². The van der Waals surface area contributed by atoms with Gasteiger partial charge in [-0.25, -0.2) is 0 Å². The number of H-pyrrole nitrogens is 1. The second-order valence-electron chi connectivity index (χ2n) is 4.68. The lowest BCUT2D eigenvalue weighted by Gasteiger charge is -2.00. The van der Waals surface area contributed by atoms with Crippen molar-refractivity contribution in [2.75, 3.05) is 0 Å². The van der Waals surface area contributed by atoms with E-state index in [1.807, 2.05) is 26.8 Å². The monoisotopic (exact) mass is 255 g/mol. The first kappa shape index (κ1) is 13.2. The number of fused-ring (bicyclic) bond motifs is 1. The largest absolute Gasteiger partial charge is 0.354 e. The zero-order valence-corrected chi connectivity index (χ0v) is 11.5. The summed E-state index contributed by atoms with van der Waals surface area (Å²) in [6.07, 6.45) is 2.29. The number of carbonyl (C=O) groups excluding carboxylic acids is 1. The third-order valence-electron chi connectivity index (χ3n) is 3.48. The smallest absolute Gasteiger partial charge is 0.169 e. The molecule has 0 atom stereocenters. The average Bonchev–Trinajstić information content (AvgIpc) is 2.88. The molecule has 4 nitrogen and oxygen atoms in total. The molecule has 0 spiro atoms. The number of Topliss-reactive ketones (excluding diaryl/α,β-unsaturated/α-hetero) is 1. The molecule has 0 aromatic carbocycles. The maximum atomic E-state index is 12.1. The number of allylic oxidation sites excluding steroid dienone is 3. The molecule has 1 heterocycles. The van der Waals surface area contributed by atoms with E-state index in [1.165, 1.54) is 0 Å². The summed E-state index contributed by atoms with van der Waals surface area (Å²) in [5, 5.41) is 0. The van der Waals surface area contributed by atoms with E-state index < -0.39 is 0 Å². The number of ketones is 1. The molecule has 0 bridgehead atoms.